The first kappa shape index (κ1) is 12.2. The third-order valence-corrected chi connectivity index (χ3v) is 1.29. The van der Waals surface area contributed by atoms with E-state index in [0.717, 1.165) is 0 Å². The molecule has 0 saturated heterocycles. The molecule has 78 valence electrons. The summed E-state index contributed by atoms with van der Waals surface area (Å²) in [4.78, 5) is 20.7. The number of hydrogen-bond donors (Lipinski definition) is 2. The first-order chi connectivity index (χ1) is 6.57. The lowest BCUT2D eigenvalue weighted by Crippen LogP contribution is -2.06. The van der Waals surface area contributed by atoms with Crippen molar-refractivity contribution in [2.45, 2.75) is 13.3 Å². The summed E-state index contributed by atoms with van der Waals surface area (Å²) in [7, 11) is 0. The van der Waals surface area contributed by atoms with Crippen molar-refractivity contribution in [3.63, 3.8) is 0 Å². The lowest BCUT2D eigenvalue weighted by molar-refractivity contribution is -0.135. The maximum Gasteiger partial charge on any atom is 0.331 e. The maximum absolute atomic E-state index is 10.5. The van der Waals surface area contributed by atoms with E-state index in [-0.39, 0.29) is 18.6 Å². The van der Waals surface area contributed by atoms with Gasteiger partial charge in [-0.15, -0.1) is 0 Å². The van der Waals surface area contributed by atoms with Crippen molar-refractivity contribution in [3.8, 4) is 0 Å². The van der Waals surface area contributed by atoms with Crippen LogP contribution in [-0.4, -0.2) is 28.8 Å². The van der Waals surface area contributed by atoms with Crippen molar-refractivity contribution in [2.24, 2.45) is 0 Å². The van der Waals surface area contributed by atoms with E-state index in [1.807, 2.05) is 0 Å². The topological polar surface area (TPSA) is 83.8 Å². The Morgan fingerprint density at radius 2 is 2.00 bits per heavy atom. The number of ether oxygens (including phenoxy) is 1. The standard InChI is InChI=1S/C9H12O5/c1-2-4-14-5-3-7(9(12)13)6-8(10)11/h2,4,6H,3,5H2,1H3,(H,10,11)(H,12,13)/b4-2?,7-6-. The molecule has 0 aliphatic heterocycles. The Labute approximate surface area is 81.3 Å². The van der Waals surface area contributed by atoms with Gasteiger partial charge < -0.3 is 14.9 Å². The predicted molar refractivity (Wildman–Crippen MR) is 48.7 cm³/mol. The smallest absolute Gasteiger partial charge is 0.331 e. The van der Waals surface area contributed by atoms with Gasteiger partial charge in [0.25, 0.3) is 0 Å². The highest BCUT2D eigenvalue weighted by Gasteiger charge is 2.08. The van der Waals surface area contributed by atoms with Crippen LogP contribution in [0, 0.1) is 0 Å². The lowest BCUT2D eigenvalue weighted by atomic mass is 10.2. The molecule has 2 N–H and O–H groups in total. The highest BCUT2D eigenvalue weighted by molar-refractivity contribution is 5.94. The van der Waals surface area contributed by atoms with Gasteiger partial charge in [0.05, 0.1) is 12.9 Å². The highest BCUT2D eigenvalue weighted by atomic mass is 16.5. The molecular weight excluding hydrogens is 188 g/mol. The molecule has 0 saturated carbocycles. The quantitative estimate of drug-likeness (QED) is 0.380. The molecule has 0 radical (unpaired) electrons. The van der Waals surface area contributed by atoms with Crippen molar-refractivity contribution >= 4 is 11.9 Å². The van der Waals surface area contributed by atoms with Gasteiger partial charge in [-0.1, -0.05) is 6.08 Å². The summed E-state index contributed by atoms with van der Waals surface area (Å²) < 4.78 is 4.87. The molecule has 5 heteroatoms. The number of hydrogen-bond acceptors (Lipinski definition) is 3. The van der Waals surface area contributed by atoms with Gasteiger partial charge in [-0.05, 0) is 6.92 Å². The second-order valence-electron chi connectivity index (χ2n) is 2.40. The molecule has 0 amide bonds. The largest absolute Gasteiger partial charge is 0.501 e. The zero-order valence-electron chi connectivity index (χ0n) is 7.77. The Balaban J connectivity index is 4.12. The van der Waals surface area contributed by atoms with Crippen LogP contribution < -0.4 is 0 Å². The van der Waals surface area contributed by atoms with Crippen molar-refractivity contribution in [1.82, 2.24) is 0 Å². The van der Waals surface area contributed by atoms with E-state index < -0.39 is 11.9 Å². The molecule has 0 rings (SSSR count). The van der Waals surface area contributed by atoms with Gasteiger partial charge >= 0.3 is 11.9 Å². The van der Waals surface area contributed by atoms with Crippen LogP contribution in [0.3, 0.4) is 0 Å². The van der Waals surface area contributed by atoms with Crippen LogP contribution in [0.15, 0.2) is 24.0 Å². The third-order valence-electron chi connectivity index (χ3n) is 1.29. The van der Waals surface area contributed by atoms with Crippen LogP contribution in [0.1, 0.15) is 13.3 Å². The Hall–Kier alpha value is -1.78. The normalized spacial score (nSPS) is 11.6. The van der Waals surface area contributed by atoms with Crippen LogP contribution in [0.2, 0.25) is 0 Å². The molecule has 0 aromatic heterocycles. The zero-order valence-corrected chi connectivity index (χ0v) is 7.77. The minimum atomic E-state index is -1.27. The SMILES string of the molecule is CC=COCC/C(=C/C(=O)O)C(=O)O. The number of carbonyl (C=O) groups is 2. The van der Waals surface area contributed by atoms with Crippen molar-refractivity contribution in [3.05, 3.63) is 24.0 Å². The van der Waals surface area contributed by atoms with Gasteiger partial charge in [0.15, 0.2) is 0 Å². The predicted octanol–water partition coefficient (Wildman–Crippen LogP) is 1.02. The van der Waals surface area contributed by atoms with E-state index in [2.05, 4.69) is 0 Å². The fourth-order valence-corrected chi connectivity index (χ4v) is 0.723. The molecule has 0 aromatic rings. The van der Waals surface area contributed by atoms with E-state index in [1.165, 1.54) is 6.26 Å². The van der Waals surface area contributed by atoms with Crippen LogP contribution in [0.5, 0.6) is 0 Å². The second-order valence-corrected chi connectivity index (χ2v) is 2.40. The zero-order chi connectivity index (χ0) is 11.0. The summed E-state index contributed by atoms with van der Waals surface area (Å²) in [6, 6.07) is 0. The van der Waals surface area contributed by atoms with Gasteiger partial charge in [0.1, 0.15) is 0 Å². The fourth-order valence-electron chi connectivity index (χ4n) is 0.723. The molecule has 0 unspecified atom stereocenters. The summed E-state index contributed by atoms with van der Waals surface area (Å²) in [5.74, 6) is -2.51. The van der Waals surface area contributed by atoms with Gasteiger partial charge in [0, 0.05) is 18.1 Å². The molecule has 5 nitrogen and oxygen atoms in total. The van der Waals surface area contributed by atoms with Gasteiger partial charge in [0.2, 0.25) is 0 Å². The minimum Gasteiger partial charge on any atom is -0.501 e. The van der Waals surface area contributed by atoms with E-state index >= 15 is 0 Å². The van der Waals surface area contributed by atoms with Crippen molar-refractivity contribution in [2.75, 3.05) is 6.61 Å². The summed E-state index contributed by atoms with van der Waals surface area (Å²) in [5, 5.41) is 16.9. The molecule has 0 aliphatic rings. The molecule has 0 bridgehead atoms. The van der Waals surface area contributed by atoms with Crippen molar-refractivity contribution < 1.29 is 24.5 Å². The number of aliphatic carboxylic acids is 2. The Morgan fingerprint density at radius 3 is 2.43 bits per heavy atom. The van der Waals surface area contributed by atoms with E-state index in [4.69, 9.17) is 14.9 Å². The average Bonchev–Trinajstić information content (AvgIpc) is 2.09. The molecule has 0 spiro atoms. The monoisotopic (exact) mass is 200 g/mol. The summed E-state index contributed by atoms with van der Waals surface area (Å²) in [5.41, 5.74) is -0.179. The van der Waals surface area contributed by atoms with E-state index in [0.29, 0.717) is 6.08 Å². The second kappa shape index (κ2) is 6.71. The average molecular weight is 200 g/mol. The lowest BCUT2D eigenvalue weighted by Gasteiger charge is -2.00. The molecular formula is C9H12O5. The van der Waals surface area contributed by atoms with Gasteiger partial charge in [-0.3, -0.25) is 0 Å². The van der Waals surface area contributed by atoms with Crippen LogP contribution in [0.4, 0.5) is 0 Å². The summed E-state index contributed by atoms with van der Waals surface area (Å²) >= 11 is 0. The number of allylic oxidation sites excluding steroid dienone is 1. The summed E-state index contributed by atoms with van der Waals surface area (Å²) in [6.07, 6.45) is 3.80. The molecule has 0 fully saturated rings. The minimum absolute atomic E-state index is 0.0615. The van der Waals surface area contributed by atoms with Gasteiger partial charge in [-0.25, -0.2) is 9.59 Å². The van der Waals surface area contributed by atoms with Crippen LogP contribution in [-0.2, 0) is 14.3 Å². The Kier molecular flexibility index (Phi) is 5.85. The van der Waals surface area contributed by atoms with E-state index in [1.54, 1.807) is 13.0 Å². The van der Waals surface area contributed by atoms with Gasteiger partial charge in [-0.2, -0.15) is 0 Å². The van der Waals surface area contributed by atoms with E-state index in [9.17, 15) is 9.59 Å². The fraction of sp³-hybridized carbons (Fsp3) is 0.333. The molecule has 14 heavy (non-hydrogen) atoms. The Bertz CT molecular complexity index is 264. The molecule has 0 heterocycles. The van der Waals surface area contributed by atoms with Crippen LogP contribution >= 0.6 is 0 Å². The highest BCUT2D eigenvalue weighted by Crippen LogP contribution is 2.02. The Morgan fingerprint density at radius 1 is 1.36 bits per heavy atom. The number of carboxylic acid groups (broad SMARTS) is 2. The summed E-state index contributed by atoms with van der Waals surface area (Å²) in [6.45, 7) is 1.90. The van der Waals surface area contributed by atoms with Crippen LogP contribution in [0.25, 0.3) is 0 Å². The first-order valence-electron chi connectivity index (χ1n) is 3.97. The maximum atomic E-state index is 10.5. The first-order valence-corrected chi connectivity index (χ1v) is 3.97. The molecule has 0 atom stereocenters. The number of carboxylic acids is 2. The molecule has 0 aromatic carbocycles. The third kappa shape index (κ3) is 5.82. The van der Waals surface area contributed by atoms with Crippen molar-refractivity contribution in [1.29, 1.82) is 0 Å². The molecule has 0 aliphatic carbocycles. The number of rotatable bonds is 6.